The molecule has 302 valence electrons. The SMILES string of the molecule is CC1(C)[C@H](NC(=O)c2ccc(N3CCN(CCCCCOc4ccc5nn(C6CCC(=O)NC6O)c(=O)n5c4)CC3)nc2)C(C)(C)[C@H]1Oc1ccc(C#N)c(Cl)c1. The summed E-state index contributed by atoms with van der Waals surface area (Å²) in [5.41, 5.74) is 0.231. The number of carbonyl (C=O) groups excluding carboxylic acids is 2. The van der Waals surface area contributed by atoms with Gasteiger partial charge < -0.3 is 30.1 Å². The predicted molar refractivity (Wildman–Crippen MR) is 214 cm³/mol. The maximum atomic E-state index is 13.4. The number of amides is 2. The van der Waals surface area contributed by atoms with Crippen molar-refractivity contribution in [1.82, 2.24) is 34.7 Å². The lowest BCUT2D eigenvalue weighted by Crippen LogP contribution is -2.74. The number of carbonyl (C=O) groups is 2. The topological polar surface area (TPSA) is 179 Å². The second-order valence-corrected chi connectivity index (χ2v) is 16.8. The van der Waals surface area contributed by atoms with Gasteiger partial charge in [-0.25, -0.2) is 18.9 Å². The molecule has 0 spiro atoms. The number of aliphatic hydroxyl groups is 1. The average Bonchev–Trinajstić information content (AvgIpc) is 3.52. The van der Waals surface area contributed by atoms with Gasteiger partial charge in [0.05, 0.1) is 29.0 Å². The molecular weight excluding hydrogens is 750 g/mol. The van der Waals surface area contributed by atoms with Crippen molar-refractivity contribution in [3.05, 3.63) is 81.5 Å². The number of ether oxygens (including phenoxy) is 2. The van der Waals surface area contributed by atoms with E-state index in [0.717, 1.165) is 57.8 Å². The van der Waals surface area contributed by atoms with Crippen molar-refractivity contribution in [2.75, 3.05) is 44.2 Å². The van der Waals surface area contributed by atoms with Gasteiger partial charge in [-0.05, 0) is 68.6 Å². The molecule has 3 aliphatic rings. The molecule has 7 rings (SSSR count). The lowest BCUT2D eigenvalue weighted by Gasteiger charge is -2.63. The van der Waals surface area contributed by atoms with E-state index < -0.39 is 12.3 Å². The first-order chi connectivity index (χ1) is 27.3. The minimum atomic E-state index is -1.16. The van der Waals surface area contributed by atoms with Crippen LogP contribution in [0.2, 0.25) is 5.02 Å². The lowest BCUT2D eigenvalue weighted by molar-refractivity contribution is -0.164. The minimum Gasteiger partial charge on any atom is -0.492 e. The molecule has 1 aliphatic carbocycles. The fourth-order valence-electron chi connectivity index (χ4n) is 8.82. The van der Waals surface area contributed by atoms with Crippen LogP contribution < -0.4 is 30.7 Å². The van der Waals surface area contributed by atoms with Gasteiger partial charge >= 0.3 is 5.69 Å². The molecule has 1 saturated carbocycles. The van der Waals surface area contributed by atoms with E-state index in [1.165, 1.54) is 9.08 Å². The summed E-state index contributed by atoms with van der Waals surface area (Å²) in [6.07, 6.45) is 5.40. The fraction of sp³-hybridized carbons (Fsp3) is 0.512. The van der Waals surface area contributed by atoms with Gasteiger partial charge in [-0.1, -0.05) is 39.3 Å². The number of unbranched alkanes of at least 4 members (excludes halogenated alkanes) is 2. The number of piperazine rings is 1. The van der Waals surface area contributed by atoms with E-state index in [1.807, 2.05) is 12.1 Å². The van der Waals surface area contributed by atoms with Gasteiger partial charge in [0.15, 0.2) is 5.65 Å². The van der Waals surface area contributed by atoms with Gasteiger partial charge in [-0.2, -0.15) is 5.26 Å². The number of nitrogens with one attached hydrogen (secondary N) is 2. The quantitative estimate of drug-likeness (QED) is 0.165. The summed E-state index contributed by atoms with van der Waals surface area (Å²) in [5.74, 6) is 1.60. The van der Waals surface area contributed by atoms with Crippen LogP contribution in [0.15, 0.2) is 59.7 Å². The first kappa shape index (κ1) is 40.0. The fourth-order valence-corrected chi connectivity index (χ4v) is 9.03. The molecule has 2 unspecified atom stereocenters. The van der Waals surface area contributed by atoms with Gasteiger partial charge in [-0.3, -0.25) is 14.5 Å². The normalized spacial score (nSPS) is 23.0. The van der Waals surface area contributed by atoms with E-state index in [-0.39, 0.29) is 46.9 Å². The van der Waals surface area contributed by atoms with Crippen molar-refractivity contribution < 1.29 is 24.2 Å². The monoisotopic (exact) mass is 799 g/mol. The van der Waals surface area contributed by atoms with Crippen LogP contribution in [-0.2, 0) is 4.79 Å². The van der Waals surface area contributed by atoms with E-state index >= 15 is 0 Å². The van der Waals surface area contributed by atoms with Gasteiger partial charge in [0.25, 0.3) is 5.91 Å². The smallest absolute Gasteiger partial charge is 0.350 e. The number of aromatic nitrogens is 4. The molecule has 16 heteroatoms. The second kappa shape index (κ2) is 16.4. The number of piperidine rings is 1. The summed E-state index contributed by atoms with van der Waals surface area (Å²) in [4.78, 5) is 47.3. The van der Waals surface area contributed by atoms with E-state index in [0.29, 0.717) is 46.3 Å². The molecule has 5 heterocycles. The van der Waals surface area contributed by atoms with Crippen molar-refractivity contribution >= 4 is 34.9 Å². The third-order valence-electron chi connectivity index (χ3n) is 11.7. The molecule has 15 nitrogen and oxygen atoms in total. The third kappa shape index (κ3) is 8.30. The van der Waals surface area contributed by atoms with Crippen molar-refractivity contribution in [2.45, 2.75) is 84.2 Å². The highest BCUT2D eigenvalue weighted by molar-refractivity contribution is 6.31. The zero-order valence-corrected chi connectivity index (χ0v) is 33.5. The van der Waals surface area contributed by atoms with E-state index in [9.17, 15) is 24.8 Å². The Morgan fingerprint density at radius 1 is 1.04 bits per heavy atom. The molecule has 0 bridgehead atoms. The Bertz CT molecular complexity index is 2190. The van der Waals surface area contributed by atoms with Crippen molar-refractivity contribution in [2.24, 2.45) is 10.8 Å². The largest absolute Gasteiger partial charge is 0.492 e. The molecular formula is C41H50ClN9O6. The van der Waals surface area contributed by atoms with Gasteiger partial charge in [0, 0.05) is 61.7 Å². The molecule has 1 aromatic carbocycles. The van der Waals surface area contributed by atoms with E-state index in [1.54, 1.807) is 42.7 Å². The number of benzene rings is 1. The highest BCUT2D eigenvalue weighted by atomic mass is 35.5. The summed E-state index contributed by atoms with van der Waals surface area (Å²) in [6, 6.07) is 13.6. The number of nitrogens with zero attached hydrogens (tertiary/aromatic N) is 7. The van der Waals surface area contributed by atoms with E-state index in [4.69, 9.17) is 21.1 Å². The Labute approximate surface area is 336 Å². The number of anilines is 1. The number of aliphatic hydroxyl groups excluding tert-OH is 1. The lowest BCUT2D eigenvalue weighted by atomic mass is 9.49. The molecule has 4 aromatic rings. The molecule has 2 atom stereocenters. The van der Waals surface area contributed by atoms with Crippen LogP contribution in [-0.4, -0.2) is 98.7 Å². The Kier molecular flexibility index (Phi) is 11.5. The van der Waals surface area contributed by atoms with Crippen molar-refractivity contribution in [3.63, 3.8) is 0 Å². The van der Waals surface area contributed by atoms with E-state index in [2.05, 4.69) is 64.3 Å². The second-order valence-electron chi connectivity index (χ2n) is 16.4. The van der Waals surface area contributed by atoms with Gasteiger partial charge in [0.1, 0.15) is 41.8 Å². The number of rotatable bonds is 13. The summed E-state index contributed by atoms with van der Waals surface area (Å²) < 4.78 is 14.9. The van der Waals surface area contributed by atoms with Crippen LogP contribution in [0.3, 0.4) is 0 Å². The van der Waals surface area contributed by atoms with Crippen LogP contribution in [0, 0.1) is 22.2 Å². The summed E-state index contributed by atoms with van der Waals surface area (Å²) in [5, 5.41) is 29.8. The molecule has 3 fully saturated rings. The Morgan fingerprint density at radius 3 is 2.47 bits per heavy atom. The Hall–Kier alpha value is -5.17. The average molecular weight is 800 g/mol. The van der Waals surface area contributed by atoms with Crippen molar-refractivity contribution in [1.29, 1.82) is 5.26 Å². The number of hydrogen-bond donors (Lipinski definition) is 3. The number of pyridine rings is 2. The van der Waals surface area contributed by atoms with Crippen molar-refractivity contribution in [3.8, 4) is 17.6 Å². The summed E-state index contributed by atoms with van der Waals surface area (Å²) in [6.45, 7) is 13.4. The van der Waals surface area contributed by atoms with Crippen LogP contribution in [0.5, 0.6) is 11.5 Å². The van der Waals surface area contributed by atoms with Crippen LogP contribution in [0.1, 0.15) is 81.8 Å². The van der Waals surface area contributed by atoms with Crippen LogP contribution in [0.4, 0.5) is 5.82 Å². The van der Waals surface area contributed by atoms with Gasteiger partial charge in [0.2, 0.25) is 5.91 Å². The first-order valence-corrected chi connectivity index (χ1v) is 20.0. The zero-order valence-electron chi connectivity index (χ0n) is 32.8. The standard InChI is InChI=1S/C41H50ClN9O6/c1-40(2)37(41(3,4)38(40)57-28-10-8-26(23-43)30(42)22-28)46-35(53)27-9-13-32(44-24-27)49-19-17-48(18-20-49)16-6-5-7-21-56-29-11-14-33-47-51(39(55)50(33)25-29)31-12-15-34(52)45-36(31)54/h8-11,13-14,22,24-25,31,36-38,54H,5-7,12,15-21H2,1-4H3,(H,45,52)(H,46,53)/t31?,36?,37-,38-. The number of fused-ring (bicyclic) bond motifs is 1. The number of nitriles is 1. The molecule has 0 radical (unpaired) electrons. The zero-order chi connectivity index (χ0) is 40.5. The molecule has 57 heavy (non-hydrogen) atoms. The molecule has 2 amide bonds. The molecule has 3 aromatic heterocycles. The number of hydrogen-bond acceptors (Lipinski definition) is 11. The number of halogens is 1. The minimum absolute atomic E-state index is 0.145. The maximum absolute atomic E-state index is 13.4. The first-order valence-electron chi connectivity index (χ1n) is 19.6. The summed E-state index contributed by atoms with van der Waals surface area (Å²) in [7, 11) is 0. The molecule has 3 N–H and O–H groups in total. The molecule has 2 aliphatic heterocycles. The summed E-state index contributed by atoms with van der Waals surface area (Å²) >= 11 is 6.24. The third-order valence-corrected chi connectivity index (χ3v) is 12.0. The van der Waals surface area contributed by atoms with Gasteiger partial charge in [-0.15, -0.1) is 5.10 Å². The highest BCUT2D eigenvalue weighted by Crippen LogP contribution is 2.55. The van der Waals surface area contributed by atoms with Crippen LogP contribution in [0.25, 0.3) is 5.65 Å². The Balaban J connectivity index is 0.812. The Morgan fingerprint density at radius 2 is 1.79 bits per heavy atom. The maximum Gasteiger partial charge on any atom is 0.350 e. The predicted octanol–water partition coefficient (Wildman–Crippen LogP) is 4.17. The highest BCUT2D eigenvalue weighted by Gasteiger charge is 2.64. The van der Waals surface area contributed by atoms with Crippen LogP contribution >= 0.6 is 11.6 Å². The molecule has 2 saturated heterocycles.